The zero-order chi connectivity index (χ0) is 19.2. The van der Waals surface area contributed by atoms with Crippen molar-refractivity contribution in [2.45, 2.75) is 46.8 Å². The van der Waals surface area contributed by atoms with Crippen LogP contribution < -0.4 is 10.1 Å². The highest BCUT2D eigenvalue weighted by molar-refractivity contribution is 5.78. The van der Waals surface area contributed by atoms with Crippen LogP contribution in [0.15, 0.2) is 30.3 Å². The molecule has 2 aromatic rings. The third-order valence-electron chi connectivity index (χ3n) is 4.62. The summed E-state index contributed by atoms with van der Waals surface area (Å²) in [6, 6.07) is 9.78. The van der Waals surface area contributed by atoms with Gasteiger partial charge >= 0.3 is 0 Å². The quantitative estimate of drug-likeness (QED) is 0.776. The number of rotatable bonds is 8. The number of fused-ring (bicyclic) bond motifs is 1. The van der Waals surface area contributed by atoms with Crippen LogP contribution in [0, 0.1) is 5.92 Å². The van der Waals surface area contributed by atoms with E-state index in [2.05, 4.69) is 39.9 Å². The highest BCUT2D eigenvalue weighted by Crippen LogP contribution is 2.15. The van der Waals surface area contributed by atoms with Gasteiger partial charge in [-0.2, -0.15) is 5.10 Å². The van der Waals surface area contributed by atoms with Gasteiger partial charge in [-0.15, -0.1) is 0 Å². The first-order valence-electron chi connectivity index (χ1n) is 9.80. The summed E-state index contributed by atoms with van der Waals surface area (Å²) in [4.78, 5) is 14.7. The molecule has 27 heavy (non-hydrogen) atoms. The van der Waals surface area contributed by atoms with Crippen LogP contribution in [0.2, 0.25) is 0 Å². The van der Waals surface area contributed by atoms with E-state index in [1.165, 1.54) is 5.69 Å². The van der Waals surface area contributed by atoms with Crippen molar-refractivity contribution in [1.29, 1.82) is 0 Å². The Morgan fingerprint density at radius 3 is 2.74 bits per heavy atom. The molecule has 146 valence electrons. The summed E-state index contributed by atoms with van der Waals surface area (Å²) in [5.41, 5.74) is 3.14. The van der Waals surface area contributed by atoms with E-state index in [1.807, 2.05) is 31.2 Å². The number of aromatic nitrogens is 2. The zero-order valence-corrected chi connectivity index (χ0v) is 16.6. The lowest BCUT2D eigenvalue weighted by Crippen LogP contribution is -2.36. The van der Waals surface area contributed by atoms with Crippen molar-refractivity contribution in [3.8, 4) is 5.75 Å². The Balaban J connectivity index is 1.49. The number of nitrogens with zero attached hydrogens (tertiary/aromatic N) is 3. The summed E-state index contributed by atoms with van der Waals surface area (Å²) in [5, 5.41) is 7.61. The number of amides is 1. The van der Waals surface area contributed by atoms with E-state index in [9.17, 15) is 4.79 Å². The molecule has 1 aromatic carbocycles. The summed E-state index contributed by atoms with van der Waals surface area (Å²) in [7, 11) is 0. The van der Waals surface area contributed by atoms with E-state index >= 15 is 0 Å². The van der Waals surface area contributed by atoms with Crippen LogP contribution in [0.4, 0.5) is 0 Å². The standard InChI is InChI=1S/C21H30N4O2/c1-4-27-20-7-5-17(6-8-20)11-21(26)22-13-18-12-19-15-24(14-16(2)3)9-10-25(19)23-18/h5-8,12,16H,4,9-11,13-15H2,1-3H3,(H,22,26). The third kappa shape index (κ3) is 5.57. The highest BCUT2D eigenvalue weighted by atomic mass is 16.5. The second-order valence-corrected chi connectivity index (χ2v) is 7.51. The van der Waals surface area contributed by atoms with Crippen LogP contribution in [0.25, 0.3) is 0 Å². The first-order valence-corrected chi connectivity index (χ1v) is 9.80. The van der Waals surface area contributed by atoms with Crippen molar-refractivity contribution in [3.05, 3.63) is 47.3 Å². The van der Waals surface area contributed by atoms with Gasteiger partial charge in [0.2, 0.25) is 5.91 Å². The van der Waals surface area contributed by atoms with Crippen molar-refractivity contribution in [2.24, 2.45) is 5.92 Å². The van der Waals surface area contributed by atoms with Crippen molar-refractivity contribution in [1.82, 2.24) is 20.0 Å². The van der Waals surface area contributed by atoms with Crippen molar-refractivity contribution < 1.29 is 9.53 Å². The smallest absolute Gasteiger partial charge is 0.224 e. The van der Waals surface area contributed by atoms with Crippen LogP contribution in [-0.4, -0.2) is 40.3 Å². The van der Waals surface area contributed by atoms with Gasteiger partial charge in [-0.05, 0) is 36.6 Å². The molecule has 1 aliphatic heterocycles. The molecule has 1 amide bonds. The van der Waals surface area contributed by atoms with Gasteiger partial charge in [0, 0.05) is 19.6 Å². The lowest BCUT2D eigenvalue weighted by atomic mass is 10.1. The number of ether oxygens (including phenoxy) is 1. The molecule has 0 spiro atoms. The maximum absolute atomic E-state index is 12.2. The Kier molecular flexibility index (Phi) is 6.50. The lowest BCUT2D eigenvalue weighted by molar-refractivity contribution is -0.120. The third-order valence-corrected chi connectivity index (χ3v) is 4.62. The molecule has 1 N–H and O–H groups in total. The van der Waals surface area contributed by atoms with Gasteiger partial charge in [-0.3, -0.25) is 14.4 Å². The fourth-order valence-corrected chi connectivity index (χ4v) is 3.45. The molecule has 0 fully saturated rings. The summed E-state index contributed by atoms with van der Waals surface area (Å²) < 4.78 is 7.50. The molecule has 1 aromatic heterocycles. The summed E-state index contributed by atoms with van der Waals surface area (Å²) >= 11 is 0. The Labute approximate surface area is 161 Å². The highest BCUT2D eigenvalue weighted by Gasteiger charge is 2.19. The molecule has 0 unspecified atom stereocenters. The first kappa shape index (κ1) is 19.4. The second-order valence-electron chi connectivity index (χ2n) is 7.51. The van der Waals surface area contributed by atoms with Crippen LogP contribution in [0.5, 0.6) is 5.75 Å². The fraction of sp³-hybridized carbons (Fsp3) is 0.524. The van der Waals surface area contributed by atoms with E-state index in [0.29, 0.717) is 25.5 Å². The molecule has 0 bridgehead atoms. The minimum atomic E-state index is 0.00608. The average Bonchev–Trinajstić information content (AvgIpc) is 3.03. The first-order chi connectivity index (χ1) is 13.0. The van der Waals surface area contributed by atoms with E-state index in [1.54, 1.807) is 0 Å². The molecule has 0 saturated carbocycles. The van der Waals surface area contributed by atoms with Gasteiger partial charge in [0.15, 0.2) is 0 Å². The summed E-state index contributed by atoms with van der Waals surface area (Å²) in [6.07, 6.45) is 0.363. The van der Waals surface area contributed by atoms with Crippen LogP contribution in [0.1, 0.15) is 37.7 Å². The van der Waals surface area contributed by atoms with Gasteiger partial charge in [-0.1, -0.05) is 26.0 Å². The number of carbonyl (C=O) groups is 1. The van der Waals surface area contributed by atoms with E-state index in [-0.39, 0.29) is 5.91 Å². The van der Waals surface area contributed by atoms with Gasteiger partial charge in [0.1, 0.15) is 5.75 Å². The molecular weight excluding hydrogens is 340 g/mol. The minimum absolute atomic E-state index is 0.00608. The molecular formula is C21H30N4O2. The van der Waals surface area contributed by atoms with E-state index in [0.717, 1.165) is 43.2 Å². The SMILES string of the molecule is CCOc1ccc(CC(=O)NCc2cc3n(n2)CCN(CC(C)C)C3)cc1. The Bertz CT molecular complexity index is 752. The van der Waals surface area contributed by atoms with Crippen LogP contribution >= 0.6 is 0 Å². The van der Waals surface area contributed by atoms with Crippen molar-refractivity contribution >= 4 is 5.91 Å². The Hall–Kier alpha value is -2.34. The molecule has 0 aliphatic carbocycles. The number of benzene rings is 1. The largest absolute Gasteiger partial charge is 0.494 e. The van der Waals surface area contributed by atoms with Crippen molar-refractivity contribution in [3.63, 3.8) is 0 Å². The van der Waals surface area contributed by atoms with E-state index in [4.69, 9.17) is 4.74 Å². The molecule has 0 saturated heterocycles. The van der Waals surface area contributed by atoms with E-state index < -0.39 is 0 Å². The minimum Gasteiger partial charge on any atom is -0.494 e. The van der Waals surface area contributed by atoms with Gasteiger partial charge in [-0.25, -0.2) is 0 Å². The molecule has 1 aliphatic rings. The topological polar surface area (TPSA) is 59.4 Å². The maximum Gasteiger partial charge on any atom is 0.224 e. The second kappa shape index (κ2) is 9.04. The molecule has 6 heteroatoms. The number of carbonyl (C=O) groups excluding carboxylic acids is 1. The predicted octanol–water partition coefficient (Wildman–Crippen LogP) is 2.61. The monoisotopic (exact) mass is 370 g/mol. The number of nitrogens with one attached hydrogen (secondary N) is 1. The molecule has 0 radical (unpaired) electrons. The van der Waals surface area contributed by atoms with Crippen LogP contribution in [-0.2, 0) is 30.8 Å². The van der Waals surface area contributed by atoms with Crippen LogP contribution in [0.3, 0.4) is 0 Å². The summed E-state index contributed by atoms with van der Waals surface area (Å²) in [6.45, 7) is 11.6. The Morgan fingerprint density at radius 1 is 1.26 bits per heavy atom. The fourth-order valence-electron chi connectivity index (χ4n) is 3.45. The lowest BCUT2D eigenvalue weighted by Gasteiger charge is -2.28. The maximum atomic E-state index is 12.2. The van der Waals surface area contributed by atoms with Crippen molar-refractivity contribution in [2.75, 3.05) is 19.7 Å². The zero-order valence-electron chi connectivity index (χ0n) is 16.6. The Morgan fingerprint density at radius 2 is 2.04 bits per heavy atom. The molecule has 6 nitrogen and oxygen atoms in total. The normalized spacial score (nSPS) is 14.2. The molecule has 0 atom stereocenters. The van der Waals surface area contributed by atoms with Gasteiger partial charge < -0.3 is 10.1 Å². The van der Waals surface area contributed by atoms with Gasteiger partial charge in [0.05, 0.1) is 37.5 Å². The number of hydrogen-bond donors (Lipinski definition) is 1. The number of hydrogen-bond acceptors (Lipinski definition) is 4. The van der Waals surface area contributed by atoms with Gasteiger partial charge in [0.25, 0.3) is 0 Å². The average molecular weight is 370 g/mol. The molecule has 3 rings (SSSR count). The predicted molar refractivity (Wildman–Crippen MR) is 106 cm³/mol. The molecule has 2 heterocycles. The summed E-state index contributed by atoms with van der Waals surface area (Å²) in [5.74, 6) is 1.50.